The van der Waals surface area contributed by atoms with E-state index in [9.17, 15) is 4.79 Å². The third-order valence-corrected chi connectivity index (χ3v) is 3.14. The van der Waals surface area contributed by atoms with E-state index in [0.29, 0.717) is 22.6 Å². The van der Waals surface area contributed by atoms with Gasteiger partial charge in [0.2, 0.25) is 0 Å². The maximum atomic E-state index is 12.6. The number of hydrogen-bond donors (Lipinski definition) is 0. The van der Waals surface area contributed by atoms with Crippen molar-refractivity contribution in [2.45, 2.75) is 40.7 Å². The van der Waals surface area contributed by atoms with Crippen LogP contribution in [0.4, 0.5) is 0 Å². The maximum Gasteiger partial charge on any atom is 0.198 e. The molecule has 0 amide bonds. The summed E-state index contributed by atoms with van der Waals surface area (Å²) in [6.45, 7) is 9.41. The van der Waals surface area contributed by atoms with Crippen LogP contribution in [-0.4, -0.2) is 16.9 Å². The number of carbonyl (C=O) groups excluding carboxylic acids is 1. The van der Waals surface area contributed by atoms with Crippen LogP contribution in [0.3, 0.4) is 0 Å². The molecule has 2 rings (SSSR count). The number of furan rings is 1. The van der Waals surface area contributed by atoms with E-state index >= 15 is 0 Å². The van der Waals surface area contributed by atoms with Crippen molar-refractivity contribution in [2.75, 3.05) is 0 Å². The number of ketones is 1. The first kappa shape index (κ1) is 14.3. The fourth-order valence-corrected chi connectivity index (χ4v) is 2.15. The fourth-order valence-electron chi connectivity index (χ4n) is 2.15. The van der Waals surface area contributed by atoms with Crippen molar-refractivity contribution in [3.8, 4) is 5.75 Å². The zero-order valence-electron chi connectivity index (χ0n) is 12.5. The molecule has 0 radical (unpaired) electrons. The normalized spacial score (nSPS) is 10.9. The molecule has 0 spiro atoms. The summed E-state index contributed by atoms with van der Waals surface area (Å²) in [5.74, 6) is 1.92. The van der Waals surface area contributed by atoms with E-state index in [-0.39, 0.29) is 11.9 Å². The smallest absolute Gasteiger partial charge is 0.198 e. The Morgan fingerprint density at radius 3 is 2.45 bits per heavy atom. The lowest BCUT2D eigenvalue weighted by atomic mass is 10.0. The number of ether oxygens (including phenoxy) is 1. The summed E-state index contributed by atoms with van der Waals surface area (Å²) in [5, 5.41) is 0. The molecule has 2 aromatic rings. The topological polar surface area (TPSA) is 52.3 Å². The van der Waals surface area contributed by atoms with E-state index in [1.165, 1.54) is 0 Å². The second-order valence-electron chi connectivity index (χ2n) is 5.12. The molecule has 106 valence electrons. The summed E-state index contributed by atoms with van der Waals surface area (Å²) in [4.78, 5) is 16.7. The quantitative estimate of drug-likeness (QED) is 0.798. The summed E-state index contributed by atoms with van der Waals surface area (Å²) >= 11 is 0. The molecule has 0 aliphatic carbocycles. The van der Waals surface area contributed by atoms with Gasteiger partial charge in [-0.3, -0.25) is 9.78 Å². The molecule has 0 aromatic carbocycles. The highest BCUT2D eigenvalue weighted by molar-refractivity contribution is 6.10. The number of rotatable bonds is 4. The molecule has 4 heteroatoms. The predicted octanol–water partition coefficient (Wildman–Crippen LogP) is 3.62. The van der Waals surface area contributed by atoms with E-state index in [4.69, 9.17) is 9.15 Å². The highest BCUT2D eigenvalue weighted by Gasteiger charge is 2.20. The standard InChI is InChI=1S/C16H19NO3/c1-9(2)19-14-6-13(7-17-8-14)16(18)15-10(3)11(4)20-12(15)5/h6-9H,1-5H3. The van der Waals surface area contributed by atoms with E-state index in [1.54, 1.807) is 25.4 Å². The molecular weight excluding hydrogens is 254 g/mol. The highest BCUT2D eigenvalue weighted by atomic mass is 16.5. The van der Waals surface area contributed by atoms with Crippen LogP contribution >= 0.6 is 0 Å². The highest BCUT2D eigenvalue weighted by Crippen LogP contribution is 2.24. The molecule has 0 aliphatic heterocycles. The van der Waals surface area contributed by atoms with E-state index < -0.39 is 0 Å². The van der Waals surface area contributed by atoms with Gasteiger partial charge in [0, 0.05) is 17.3 Å². The molecular formula is C16H19NO3. The molecule has 0 unspecified atom stereocenters. The van der Waals surface area contributed by atoms with Gasteiger partial charge in [0.1, 0.15) is 17.3 Å². The first-order chi connectivity index (χ1) is 9.40. The van der Waals surface area contributed by atoms with Gasteiger partial charge in [-0.25, -0.2) is 0 Å². The van der Waals surface area contributed by atoms with Crippen LogP contribution in [0.2, 0.25) is 0 Å². The lowest BCUT2D eigenvalue weighted by Gasteiger charge is -2.10. The molecule has 4 nitrogen and oxygen atoms in total. The molecule has 0 atom stereocenters. The zero-order chi connectivity index (χ0) is 14.9. The van der Waals surface area contributed by atoms with Gasteiger partial charge in [-0.05, 0) is 40.7 Å². The Hall–Kier alpha value is -2.10. The van der Waals surface area contributed by atoms with Crippen molar-refractivity contribution in [2.24, 2.45) is 0 Å². The Kier molecular flexibility index (Phi) is 3.93. The molecule has 0 fully saturated rings. The van der Waals surface area contributed by atoms with Crippen LogP contribution < -0.4 is 4.74 Å². The Labute approximate surface area is 118 Å². The minimum Gasteiger partial charge on any atom is -0.489 e. The van der Waals surface area contributed by atoms with Crippen molar-refractivity contribution in [1.82, 2.24) is 4.98 Å². The third kappa shape index (κ3) is 2.74. The largest absolute Gasteiger partial charge is 0.489 e. The Morgan fingerprint density at radius 2 is 1.90 bits per heavy atom. The van der Waals surface area contributed by atoms with Gasteiger partial charge in [0.05, 0.1) is 17.9 Å². The van der Waals surface area contributed by atoms with E-state index in [0.717, 1.165) is 11.3 Å². The lowest BCUT2D eigenvalue weighted by molar-refractivity contribution is 0.103. The Balaban J connectivity index is 2.38. The fraction of sp³-hybridized carbons (Fsp3) is 0.375. The SMILES string of the molecule is Cc1oc(C)c(C(=O)c2cncc(OC(C)C)c2)c1C. The summed E-state index contributed by atoms with van der Waals surface area (Å²) < 4.78 is 11.1. The molecule has 2 heterocycles. The van der Waals surface area contributed by atoms with Crippen molar-refractivity contribution in [3.63, 3.8) is 0 Å². The average Bonchev–Trinajstić information content (AvgIpc) is 2.62. The van der Waals surface area contributed by atoms with Crippen LogP contribution in [0.25, 0.3) is 0 Å². The van der Waals surface area contributed by atoms with Crippen LogP contribution in [0.1, 0.15) is 46.9 Å². The zero-order valence-corrected chi connectivity index (χ0v) is 12.5. The van der Waals surface area contributed by atoms with Gasteiger partial charge >= 0.3 is 0 Å². The first-order valence-corrected chi connectivity index (χ1v) is 6.63. The maximum absolute atomic E-state index is 12.6. The second kappa shape index (κ2) is 5.49. The van der Waals surface area contributed by atoms with Crippen LogP contribution in [0.5, 0.6) is 5.75 Å². The molecule has 0 bridgehead atoms. The Bertz CT molecular complexity index is 641. The average molecular weight is 273 g/mol. The minimum absolute atomic E-state index is 0.0433. The summed E-state index contributed by atoms with van der Waals surface area (Å²) in [6.07, 6.45) is 3.20. The minimum atomic E-state index is -0.0847. The number of aryl methyl sites for hydroxylation is 2. The van der Waals surface area contributed by atoms with Gasteiger partial charge in [0.25, 0.3) is 0 Å². The molecule has 2 aromatic heterocycles. The van der Waals surface area contributed by atoms with Gasteiger partial charge in [0.15, 0.2) is 5.78 Å². The summed E-state index contributed by atoms with van der Waals surface area (Å²) in [6, 6.07) is 1.72. The Morgan fingerprint density at radius 1 is 1.20 bits per heavy atom. The molecule has 0 N–H and O–H groups in total. The number of nitrogens with zero attached hydrogens (tertiary/aromatic N) is 1. The van der Waals surface area contributed by atoms with E-state index in [2.05, 4.69) is 4.98 Å². The number of pyridine rings is 1. The monoisotopic (exact) mass is 273 g/mol. The second-order valence-corrected chi connectivity index (χ2v) is 5.12. The predicted molar refractivity (Wildman–Crippen MR) is 76.4 cm³/mol. The number of aromatic nitrogens is 1. The first-order valence-electron chi connectivity index (χ1n) is 6.63. The van der Waals surface area contributed by atoms with Gasteiger partial charge in [-0.2, -0.15) is 0 Å². The van der Waals surface area contributed by atoms with Crippen LogP contribution in [0, 0.1) is 20.8 Å². The van der Waals surface area contributed by atoms with E-state index in [1.807, 2.05) is 27.7 Å². The molecule has 20 heavy (non-hydrogen) atoms. The van der Waals surface area contributed by atoms with Crippen molar-refractivity contribution < 1.29 is 13.9 Å². The third-order valence-electron chi connectivity index (χ3n) is 3.14. The molecule has 0 aliphatic rings. The molecule has 0 saturated carbocycles. The van der Waals surface area contributed by atoms with Gasteiger partial charge in [-0.15, -0.1) is 0 Å². The van der Waals surface area contributed by atoms with Crippen molar-refractivity contribution in [3.05, 3.63) is 46.7 Å². The summed E-state index contributed by atoms with van der Waals surface area (Å²) in [5.41, 5.74) is 2.00. The van der Waals surface area contributed by atoms with Crippen LogP contribution in [-0.2, 0) is 0 Å². The van der Waals surface area contributed by atoms with Gasteiger partial charge in [-0.1, -0.05) is 0 Å². The number of carbonyl (C=O) groups is 1. The molecule has 0 saturated heterocycles. The summed E-state index contributed by atoms with van der Waals surface area (Å²) in [7, 11) is 0. The van der Waals surface area contributed by atoms with Crippen molar-refractivity contribution >= 4 is 5.78 Å². The number of hydrogen-bond acceptors (Lipinski definition) is 4. The van der Waals surface area contributed by atoms with Crippen molar-refractivity contribution in [1.29, 1.82) is 0 Å². The van der Waals surface area contributed by atoms with Crippen LogP contribution in [0.15, 0.2) is 22.9 Å². The van der Waals surface area contributed by atoms with Gasteiger partial charge < -0.3 is 9.15 Å². The lowest BCUT2D eigenvalue weighted by Crippen LogP contribution is -2.08.